The second-order valence-electron chi connectivity index (χ2n) is 5.44. The van der Waals surface area contributed by atoms with Crippen LogP contribution in [0.1, 0.15) is 0 Å². The van der Waals surface area contributed by atoms with Crippen LogP contribution < -0.4 is 0 Å². The Labute approximate surface area is 135 Å². The first kappa shape index (κ1) is 16.5. The number of hydrogen-bond acceptors (Lipinski definition) is 7. The summed E-state index contributed by atoms with van der Waals surface area (Å²) in [4.78, 5) is 0. The maximum Gasteiger partial charge on any atom is 0.202 e. The number of aromatic nitrogens is 1. The van der Waals surface area contributed by atoms with E-state index in [9.17, 15) is 30.6 Å². The minimum atomic E-state index is -2.49. The fraction of sp³-hybridized carbons (Fsp3) is 0.429. The maximum absolute atomic E-state index is 10.9. The zero-order valence-electron chi connectivity index (χ0n) is 11.7. The molecule has 0 aliphatic carbocycles. The number of para-hydroxylation sites is 1. The number of benzene rings is 1. The molecular formula is C14H16ClNO7. The van der Waals surface area contributed by atoms with Crippen LogP contribution in [-0.2, 0) is 10.5 Å². The molecule has 0 bridgehead atoms. The highest BCUT2D eigenvalue weighted by atomic mass is 35.5. The standard InChI is InChI=1S/C14H16ClNO7/c15-12(20)9-10(18)14(22,11(19)13(21)23-9)16-5-8(17)6-3-1-2-4-7(6)16/h1-5,9-13,17-22H/t9-,10+,11+,12?,13+,14-/m0/s1. The minimum absolute atomic E-state index is 0.197. The van der Waals surface area contributed by atoms with Crippen LogP contribution in [0.3, 0.4) is 0 Å². The van der Waals surface area contributed by atoms with E-state index in [0.717, 1.165) is 10.8 Å². The summed E-state index contributed by atoms with van der Waals surface area (Å²) in [5.74, 6) is -0.197. The summed E-state index contributed by atoms with van der Waals surface area (Å²) in [6.45, 7) is 0. The number of halogens is 1. The Balaban J connectivity index is 2.20. The number of aliphatic hydroxyl groups excluding tert-OH is 4. The summed E-state index contributed by atoms with van der Waals surface area (Å²) in [6, 6.07) is 6.41. The fourth-order valence-electron chi connectivity index (χ4n) is 2.89. The van der Waals surface area contributed by atoms with E-state index in [1.54, 1.807) is 24.3 Å². The van der Waals surface area contributed by atoms with E-state index in [1.165, 1.54) is 0 Å². The Bertz CT molecular complexity index is 720. The van der Waals surface area contributed by atoms with Gasteiger partial charge in [-0.05, 0) is 12.1 Å². The van der Waals surface area contributed by atoms with E-state index in [2.05, 4.69) is 0 Å². The molecule has 0 radical (unpaired) electrons. The maximum atomic E-state index is 10.9. The summed E-state index contributed by atoms with van der Waals surface area (Å²) in [5, 5.41) is 61.1. The Morgan fingerprint density at radius 1 is 1.17 bits per heavy atom. The molecule has 0 saturated carbocycles. The van der Waals surface area contributed by atoms with Gasteiger partial charge in [-0.3, -0.25) is 0 Å². The highest BCUT2D eigenvalue weighted by Gasteiger charge is 2.58. The molecule has 2 aromatic rings. The van der Waals surface area contributed by atoms with E-state index in [0.29, 0.717) is 10.9 Å². The number of nitrogens with zero attached hydrogens (tertiary/aromatic N) is 1. The number of rotatable bonds is 2. The molecule has 0 spiro atoms. The fourth-order valence-corrected chi connectivity index (χ4v) is 3.09. The van der Waals surface area contributed by atoms with Crippen LogP contribution in [-0.4, -0.2) is 65.4 Å². The van der Waals surface area contributed by atoms with Crippen molar-refractivity contribution in [2.45, 2.75) is 35.9 Å². The molecule has 1 fully saturated rings. The topological polar surface area (TPSA) is 136 Å². The third-order valence-corrected chi connectivity index (χ3v) is 4.34. The van der Waals surface area contributed by atoms with Crippen LogP contribution in [0.5, 0.6) is 5.75 Å². The third-order valence-electron chi connectivity index (χ3n) is 4.10. The van der Waals surface area contributed by atoms with Crippen molar-refractivity contribution in [3.63, 3.8) is 0 Å². The SMILES string of the molecule is Oc1cn([C@@]2(O)[C@H](O)[C@H](O)O[C@H](C(O)Cl)[C@H]2O)c2ccccc12. The largest absolute Gasteiger partial charge is 0.506 e. The van der Waals surface area contributed by atoms with Gasteiger partial charge in [-0.25, -0.2) is 0 Å². The van der Waals surface area contributed by atoms with Gasteiger partial charge in [-0.15, -0.1) is 0 Å². The van der Waals surface area contributed by atoms with E-state index in [4.69, 9.17) is 16.3 Å². The van der Waals surface area contributed by atoms with Gasteiger partial charge in [0, 0.05) is 11.6 Å². The molecule has 1 aliphatic heterocycles. The van der Waals surface area contributed by atoms with Gasteiger partial charge in [0.2, 0.25) is 5.72 Å². The number of aromatic hydroxyl groups is 1. The van der Waals surface area contributed by atoms with Crippen molar-refractivity contribution in [1.29, 1.82) is 0 Å². The number of hydrogen-bond donors (Lipinski definition) is 6. The predicted molar refractivity (Wildman–Crippen MR) is 78.5 cm³/mol. The van der Waals surface area contributed by atoms with Gasteiger partial charge in [-0.2, -0.15) is 0 Å². The zero-order valence-corrected chi connectivity index (χ0v) is 12.4. The normalized spacial score (nSPS) is 36.3. The molecule has 1 aromatic heterocycles. The molecule has 6 N–H and O–H groups in total. The van der Waals surface area contributed by atoms with Crippen LogP contribution in [0.2, 0.25) is 0 Å². The lowest BCUT2D eigenvalue weighted by molar-refractivity contribution is -0.349. The molecule has 1 unspecified atom stereocenters. The molecule has 0 amide bonds. The van der Waals surface area contributed by atoms with Gasteiger partial charge in [0.05, 0.1) is 5.52 Å². The number of fused-ring (bicyclic) bond motifs is 1. The number of alkyl halides is 1. The van der Waals surface area contributed by atoms with Crippen molar-refractivity contribution in [3.05, 3.63) is 30.5 Å². The van der Waals surface area contributed by atoms with Gasteiger partial charge in [0.25, 0.3) is 0 Å². The second kappa shape index (κ2) is 5.60. The first-order valence-electron chi connectivity index (χ1n) is 6.82. The highest BCUT2D eigenvalue weighted by molar-refractivity contribution is 6.19. The Morgan fingerprint density at radius 2 is 1.83 bits per heavy atom. The second-order valence-corrected chi connectivity index (χ2v) is 5.89. The van der Waals surface area contributed by atoms with Crippen molar-refractivity contribution >= 4 is 22.5 Å². The van der Waals surface area contributed by atoms with E-state index in [1.807, 2.05) is 0 Å². The monoisotopic (exact) mass is 345 g/mol. The molecule has 6 atom stereocenters. The number of aliphatic hydroxyl groups is 5. The van der Waals surface area contributed by atoms with Crippen molar-refractivity contribution in [2.75, 3.05) is 0 Å². The molecule has 1 aliphatic rings. The van der Waals surface area contributed by atoms with Crippen LogP contribution in [0.4, 0.5) is 0 Å². The zero-order chi connectivity index (χ0) is 16.9. The molecule has 3 rings (SSSR count). The van der Waals surface area contributed by atoms with Gasteiger partial charge in [-0.1, -0.05) is 23.7 Å². The van der Waals surface area contributed by atoms with Crippen molar-refractivity contribution in [1.82, 2.24) is 4.57 Å². The average molecular weight is 346 g/mol. The lowest BCUT2D eigenvalue weighted by Gasteiger charge is -2.47. The van der Waals surface area contributed by atoms with Gasteiger partial charge < -0.3 is 39.9 Å². The van der Waals surface area contributed by atoms with E-state index in [-0.39, 0.29) is 5.75 Å². The van der Waals surface area contributed by atoms with Crippen LogP contribution in [0, 0.1) is 0 Å². The molecule has 9 heteroatoms. The average Bonchev–Trinajstić information content (AvgIpc) is 2.86. The minimum Gasteiger partial charge on any atom is -0.506 e. The lowest BCUT2D eigenvalue weighted by atomic mass is 9.91. The molecule has 1 aromatic carbocycles. The first-order chi connectivity index (χ1) is 10.8. The van der Waals surface area contributed by atoms with Crippen LogP contribution >= 0.6 is 11.6 Å². The van der Waals surface area contributed by atoms with E-state index < -0.39 is 35.9 Å². The van der Waals surface area contributed by atoms with Crippen LogP contribution in [0.15, 0.2) is 30.5 Å². The summed E-state index contributed by atoms with van der Waals surface area (Å²) in [5.41, 5.74) is -3.93. The summed E-state index contributed by atoms with van der Waals surface area (Å²) < 4.78 is 5.86. The van der Waals surface area contributed by atoms with E-state index >= 15 is 0 Å². The predicted octanol–water partition coefficient (Wildman–Crippen LogP) is -1.01. The Kier molecular flexibility index (Phi) is 4.01. The molecule has 1 saturated heterocycles. The summed E-state index contributed by atoms with van der Waals surface area (Å²) in [6.07, 6.45) is -6.22. The van der Waals surface area contributed by atoms with Crippen molar-refractivity contribution in [2.24, 2.45) is 0 Å². The molecule has 8 nitrogen and oxygen atoms in total. The summed E-state index contributed by atoms with van der Waals surface area (Å²) >= 11 is 5.51. The Hall–Kier alpha value is -1.39. The van der Waals surface area contributed by atoms with Gasteiger partial charge in [0.1, 0.15) is 18.0 Å². The number of ether oxygens (including phenoxy) is 1. The van der Waals surface area contributed by atoms with Crippen molar-refractivity contribution < 1.29 is 35.4 Å². The lowest BCUT2D eigenvalue weighted by Crippen LogP contribution is -2.68. The van der Waals surface area contributed by atoms with Gasteiger partial charge in [0.15, 0.2) is 18.0 Å². The van der Waals surface area contributed by atoms with Crippen molar-refractivity contribution in [3.8, 4) is 5.75 Å². The summed E-state index contributed by atoms with van der Waals surface area (Å²) in [7, 11) is 0. The molecule has 2 heterocycles. The molecule has 126 valence electrons. The molecular weight excluding hydrogens is 330 g/mol. The third kappa shape index (κ3) is 2.31. The smallest absolute Gasteiger partial charge is 0.202 e. The van der Waals surface area contributed by atoms with Gasteiger partial charge >= 0.3 is 0 Å². The first-order valence-corrected chi connectivity index (χ1v) is 7.25. The highest BCUT2D eigenvalue weighted by Crippen LogP contribution is 2.39. The quantitative estimate of drug-likeness (QED) is 0.384. The van der Waals surface area contributed by atoms with Crippen LogP contribution in [0.25, 0.3) is 10.9 Å². The Morgan fingerprint density at radius 3 is 2.48 bits per heavy atom. The molecule has 23 heavy (non-hydrogen) atoms.